The van der Waals surface area contributed by atoms with Crippen LogP contribution in [-0.2, 0) is 11.2 Å². The zero-order valence-electron chi connectivity index (χ0n) is 11.4. The standard InChI is InChI=1S/C14H18N2O5/c17-12(16-8-4-7-14(16,20)21)11(15-13(18)19)9-10-5-2-1-3-6-10/h1-3,5-6,11,15,20-21H,4,7-9H2,(H,18,19). The summed E-state index contributed by atoms with van der Waals surface area (Å²) < 4.78 is 0. The number of amides is 2. The van der Waals surface area contributed by atoms with Gasteiger partial charge in [-0.3, -0.25) is 9.69 Å². The van der Waals surface area contributed by atoms with Crippen molar-refractivity contribution in [3.63, 3.8) is 0 Å². The number of likely N-dealkylation sites (tertiary alicyclic amines) is 1. The molecule has 0 aliphatic carbocycles. The fourth-order valence-electron chi connectivity index (χ4n) is 2.46. The van der Waals surface area contributed by atoms with Crippen molar-refractivity contribution in [2.45, 2.75) is 31.2 Å². The molecule has 0 aromatic heterocycles. The highest BCUT2D eigenvalue weighted by Crippen LogP contribution is 2.25. The molecular formula is C14H18N2O5. The van der Waals surface area contributed by atoms with Crippen LogP contribution in [0.2, 0.25) is 0 Å². The number of hydrogen-bond donors (Lipinski definition) is 4. The number of aliphatic hydroxyl groups is 2. The Morgan fingerprint density at radius 3 is 2.48 bits per heavy atom. The van der Waals surface area contributed by atoms with Gasteiger partial charge in [-0.05, 0) is 12.0 Å². The zero-order chi connectivity index (χ0) is 15.5. The third-order valence-corrected chi connectivity index (χ3v) is 3.47. The van der Waals surface area contributed by atoms with E-state index in [9.17, 15) is 19.8 Å². The van der Waals surface area contributed by atoms with Crippen molar-refractivity contribution in [2.24, 2.45) is 0 Å². The van der Waals surface area contributed by atoms with Gasteiger partial charge in [0.2, 0.25) is 11.8 Å². The highest BCUT2D eigenvalue weighted by Gasteiger charge is 2.42. The predicted octanol–water partition coefficient (Wildman–Crippen LogP) is 0.126. The first kappa shape index (κ1) is 15.3. The van der Waals surface area contributed by atoms with Crippen LogP contribution in [0.1, 0.15) is 18.4 Å². The summed E-state index contributed by atoms with van der Waals surface area (Å²) in [7, 11) is 0. The molecule has 1 saturated heterocycles. The number of carbonyl (C=O) groups excluding carboxylic acids is 1. The molecule has 0 spiro atoms. The lowest BCUT2D eigenvalue weighted by molar-refractivity contribution is -0.240. The van der Waals surface area contributed by atoms with Gasteiger partial charge in [-0.1, -0.05) is 30.3 Å². The third kappa shape index (κ3) is 3.71. The number of benzene rings is 1. The Hall–Kier alpha value is -2.12. The summed E-state index contributed by atoms with van der Waals surface area (Å²) in [6, 6.07) is 7.89. The van der Waals surface area contributed by atoms with Gasteiger partial charge in [-0.15, -0.1) is 0 Å². The normalized spacial score (nSPS) is 18.3. The molecule has 2 rings (SSSR count). The van der Waals surface area contributed by atoms with Crippen molar-refractivity contribution in [1.82, 2.24) is 10.2 Å². The van der Waals surface area contributed by atoms with Crippen LogP contribution in [0.3, 0.4) is 0 Å². The highest BCUT2D eigenvalue weighted by atomic mass is 16.5. The smallest absolute Gasteiger partial charge is 0.405 e. The maximum Gasteiger partial charge on any atom is 0.405 e. The minimum Gasteiger partial charge on any atom is -0.465 e. The van der Waals surface area contributed by atoms with Gasteiger partial charge in [0.25, 0.3) is 0 Å². The predicted molar refractivity (Wildman–Crippen MR) is 73.2 cm³/mol. The van der Waals surface area contributed by atoms with Crippen molar-refractivity contribution < 1.29 is 24.9 Å². The fourth-order valence-corrected chi connectivity index (χ4v) is 2.46. The SMILES string of the molecule is O=C(O)NC(Cc1ccccc1)C(=O)N1CCCC1(O)O. The minimum atomic E-state index is -2.20. The van der Waals surface area contributed by atoms with Gasteiger partial charge >= 0.3 is 6.09 Å². The summed E-state index contributed by atoms with van der Waals surface area (Å²) >= 11 is 0. The first-order valence-electron chi connectivity index (χ1n) is 6.70. The first-order chi connectivity index (χ1) is 9.90. The van der Waals surface area contributed by atoms with E-state index in [1.807, 2.05) is 6.07 Å². The second-order valence-corrected chi connectivity index (χ2v) is 5.06. The van der Waals surface area contributed by atoms with Crippen molar-refractivity contribution in [3.8, 4) is 0 Å². The third-order valence-electron chi connectivity index (χ3n) is 3.47. The number of carbonyl (C=O) groups is 2. The van der Waals surface area contributed by atoms with Gasteiger partial charge in [0.05, 0.1) is 0 Å². The Labute approximate surface area is 121 Å². The van der Waals surface area contributed by atoms with E-state index >= 15 is 0 Å². The van der Waals surface area contributed by atoms with E-state index in [0.717, 1.165) is 10.5 Å². The molecule has 1 unspecified atom stereocenters. The lowest BCUT2D eigenvalue weighted by Gasteiger charge is -2.31. The van der Waals surface area contributed by atoms with Crippen LogP contribution in [-0.4, -0.2) is 50.7 Å². The van der Waals surface area contributed by atoms with Gasteiger partial charge in [0.1, 0.15) is 6.04 Å². The molecule has 1 aromatic carbocycles. The van der Waals surface area contributed by atoms with Gasteiger partial charge in [-0.2, -0.15) is 0 Å². The molecule has 4 N–H and O–H groups in total. The van der Waals surface area contributed by atoms with Gasteiger partial charge in [0.15, 0.2) is 0 Å². The quantitative estimate of drug-likeness (QED) is 0.590. The van der Waals surface area contributed by atoms with Crippen LogP contribution in [0.5, 0.6) is 0 Å². The van der Waals surface area contributed by atoms with E-state index in [1.165, 1.54) is 0 Å². The maximum absolute atomic E-state index is 12.4. The molecule has 1 aliphatic rings. The molecule has 7 heteroatoms. The van der Waals surface area contributed by atoms with E-state index in [4.69, 9.17) is 5.11 Å². The average Bonchev–Trinajstić information content (AvgIpc) is 2.77. The van der Waals surface area contributed by atoms with Crippen LogP contribution < -0.4 is 5.32 Å². The molecule has 1 aliphatic heterocycles. The van der Waals surface area contributed by atoms with Gasteiger partial charge < -0.3 is 20.6 Å². The Bertz CT molecular complexity index is 517. The van der Waals surface area contributed by atoms with E-state index in [2.05, 4.69) is 5.32 Å². The first-order valence-corrected chi connectivity index (χ1v) is 6.70. The van der Waals surface area contributed by atoms with Crippen molar-refractivity contribution >= 4 is 12.0 Å². The monoisotopic (exact) mass is 294 g/mol. The molecule has 1 heterocycles. The zero-order valence-corrected chi connectivity index (χ0v) is 11.4. The second-order valence-electron chi connectivity index (χ2n) is 5.06. The average molecular weight is 294 g/mol. The van der Waals surface area contributed by atoms with Crippen LogP contribution >= 0.6 is 0 Å². The Kier molecular flexibility index (Phi) is 4.44. The van der Waals surface area contributed by atoms with E-state index in [-0.39, 0.29) is 19.4 Å². The molecule has 0 bridgehead atoms. The van der Waals surface area contributed by atoms with Crippen LogP contribution in [0.25, 0.3) is 0 Å². The van der Waals surface area contributed by atoms with Crippen LogP contribution in [0.4, 0.5) is 4.79 Å². The highest BCUT2D eigenvalue weighted by molar-refractivity contribution is 5.86. The summed E-state index contributed by atoms with van der Waals surface area (Å²) in [6.45, 7) is 0.193. The van der Waals surface area contributed by atoms with Crippen molar-refractivity contribution in [3.05, 3.63) is 35.9 Å². The molecule has 21 heavy (non-hydrogen) atoms. The second kappa shape index (κ2) is 6.11. The Balaban J connectivity index is 2.15. The van der Waals surface area contributed by atoms with Crippen molar-refractivity contribution in [1.29, 1.82) is 0 Å². The summed E-state index contributed by atoms with van der Waals surface area (Å²) in [5, 5.41) is 30.5. The van der Waals surface area contributed by atoms with E-state index in [0.29, 0.717) is 6.42 Å². The molecule has 1 aromatic rings. The molecule has 1 fully saturated rings. The molecule has 2 amide bonds. The van der Waals surface area contributed by atoms with Gasteiger partial charge in [-0.25, -0.2) is 4.79 Å². The molecular weight excluding hydrogens is 276 g/mol. The largest absolute Gasteiger partial charge is 0.465 e. The topological polar surface area (TPSA) is 110 Å². The summed E-state index contributed by atoms with van der Waals surface area (Å²) in [5.74, 6) is -2.84. The molecule has 114 valence electrons. The maximum atomic E-state index is 12.4. The number of nitrogens with one attached hydrogen (secondary N) is 1. The summed E-state index contributed by atoms with van der Waals surface area (Å²) in [6.07, 6.45) is -0.656. The number of carboxylic acid groups (broad SMARTS) is 1. The number of rotatable bonds is 4. The van der Waals surface area contributed by atoms with E-state index < -0.39 is 24.0 Å². The van der Waals surface area contributed by atoms with Crippen LogP contribution in [0.15, 0.2) is 30.3 Å². The molecule has 1 atom stereocenters. The van der Waals surface area contributed by atoms with Gasteiger partial charge in [0, 0.05) is 19.4 Å². The molecule has 7 nitrogen and oxygen atoms in total. The van der Waals surface area contributed by atoms with E-state index in [1.54, 1.807) is 24.3 Å². The fraction of sp³-hybridized carbons (Fsp3) is 0.429. The lowest BCUT2D eigenvalue weighted by atomic mass is 10.0. The molecule has 0 radical (unpaired) electrons. The Morgan fingerprint density at radius 2 is 1.95 bits per heavy atom. The van der Waals surface area contributed by atoms with Crippen LogP contribution in [0, 0.1) is 0 Å². The Morgan fingerprint density at radius 1 is 1.29 bits per heavy atom. The summed E-state index contributed by atoms with van der Waals surface area (Å²) in [4.78, 5) is 24.2. The lowest BCUT2D eigenvalue weighted by Crippen LogP contribution is -2.55. The number of nitrogens with zero attached hydrogens (tertiary/aromatic N) is 1. The van der Waals surface area contributed by atoms with Crippen molar-refractivity contribution in [2.75, 3.05) is 6.54 Å². The molecule has 0 saturated carbocycles. The summed E-state index contributed by atoms with van der Waals surface area (Å²) in [5.41, 5.74) is 0.783. The number of hydrogen-bond acceptors (Lipinski definition) is 4. The minimum absolute atomic E-state index is 0.0594.